The summed E-state index contributed by atoms with van der Waals surface area (Å²) in [6, 6.07) is -1.15. The highest BCUT2D eigenvalue weighted by Crippen LogP contribution is 2.23. The molecule has 8 N–H and O–H groups in total. The average Bonchev–Trinajstić information content (AvgIpc) is 2.97. The van der Waals surface area contributed by atoms with Gasteiger partial charge in [0.2, 0.25) is 5.91 Å². The Morgan fingerprint density at radius 1 is 0.756 bits per heavy atom. The Morgan fingerprint density at radius 2 is 1.29 bits per heavy atom. The minimum atomic E-state index is -1.65. The summed E-state index contributed by atoms with van der Waals surface area (Å²) in [7, 11) is 0. The molecule has 0 bridgehead atoms. The molecule has 1 amide bonds. The number of carbonyl (C=O) groups is 1. The van der Waals surface area contributed by atoms with Gasteiger partial charge in [0.05, 0.1) is 25.4 Å². The molecule has 1 aliphatic heterocycles. The van der Waals surface area contributed by atoms with Gasteiger partial charge < -0.3 is 50.5 Å². The average molecular weight is 594 g/mol. The fourth-order valence-corrected chi connectivity index (χ4v) is 5.07. The molecule has 1 saturated heterocycles. The van der Waals surface area contributed by atoms with Crippen molar-refractivity contribution < 1.29 is 50.0 Å². The van der Waals surface area contributed by atoms with Gasteiger partial charge in [-0.15, -0.1) is 0 Å². The van der Waals surface area contributed by atoms with Crippen LogP contribution in [0.25, 0.3) is 0 Å². The predicted octanol–water partition coefficient (Wildman–Crippen LogP) is 1.65. The van der Waals surface area contributed by atoms with Gasteiger partial charge >= 0.3 is 0 Å². The number of amides is 1. The summed E-state index contributed by atoms with van der Waals surface area (Å²) in [5.41, 5.74) is 0. The van der Waals surface area contributed by atoms with Gasteiger partial charge in [-0.25, -0.2) is 0 Å². The Kier molecular flexibility index (Phi) is 21.0. The molecule has 1 fully saturated rings. The van der Waals surface area contributed by atoms with Crippen LogP contribution in [0.5, 0.6) is 0 Å². The van der Waals surface area contributed by atoms with Crippen LogP contribution in [0.1, 0.15) is 117 Å². The van der Waals surface area contributed by atoms with Gasteiger partial charge in [0, 0.05) is 0 Å². The summed E-state index contributed by atoms with van der Waals surface area (Å²) < 4.78 is 10.8. The van der Waals surface area contributed by atoms with Crippen LogP contribution < -0.4 is 5.32 Å². The monoisotopic (exact) mass is 593 g/mol. The van der Waals surface area contributed by atoms with Crippen molar-refractivity contribution in [2.45, 2.75) is 172 Å². The van der Waals surface area contributed by atoms with Gasteiger partial charge in [-0.05, 0) is 12.8 Å². The molecular weight excluding hydrogens is 534 g/mol. The second kappa shape index (κ2) is 22.6. The Hall–Kier alpha value is -0.890. The summed E-state index contributed by atoms with van der Waals surface area (Å²) in [4.78, 5) is 12.7. The van der Waals surface area contributed by atoms with E-state index >= 15 is 0 Å². The zero-order valence-corrected chi connectivity index (χ0v) is 25.3. The number of nitrogens with one attached hydrogen (secondary N) is 1. The van der Waals surface area contributed by atoms with Crippen molar-refractivity contribution in [3.8, 4) is 0 Å². The van der Waals surface area contributed by atoms with Crippen molar-refractivity contribution in [1.82, 2.24) is 5.32 Å². The van der Waals surface area contributed by atoms with E-state index in [-0.39, 0.29) is 12.8 Å². The van der Waals surface area contributed by atoms with E-state index in [0.717, 1.165) is 25.7 Å². The van der Waals surface area contributed by atoms with Crippen LogP contribution in [0.15, 0.2) is 0 Å². The third-order valence-corrected chi connectivity index (χ3v) is 7.91. The molecule has 244 valence electrons. The smallest absolute Gasteiger partial charge is 0.249 e. The topological polar surface area (TPSA) is 189 Å². The highest BCUT2D eigenvalue weighted by Gasteiger charge is 2.44. The van der Waals surface area contributed by atoms with Crippen molar-refractivity contribution in [3.63, 3.8) is 0 Å². The fourth-order valence-electron chi connectivity index (χ4n) is 5.07. The number of rotatable bonds is 24. The van der Waals surface area contributed by atoms with Crippen LogP contribution in [0.3, 0.4) is 0 Å². The van der Waals surface area contributed by atoms with E-state index in [1.54, 1.807) is 0 Å². The molecular formula is C30H59NO10. The zero-order valence-electron chi connectivity index (χ0n) is 25.3. The Bertz CT molecular complexity index is 655. The molecule has 1 rings (SSSR count). The van der Waals surface area contributed by atoms with Gasteiger partial charge in [-0.3, -0.25) is 4.79 Å². The van der Waals surface area contributed by atoms with E-state index in [9.17, 15) is 40.5 Å². The van der Waals surface area contributed by atoms with E-state index in [4.69, 9.17) is 9.47 Å². The first kappa shape index (κ1) is 38.1. The van der Waals surface area contributed by atoms with Crippen molar-refractivity contribution in [1.29, 1.82) is 0 Å². The predicted molar refractivity (Wildman–Crippen MR) is 155 cm³/mol. The van der Waals surface area contributed by atoms with Crippen LogP contribution in [0.2, 0.25) is 0 Å². The van der Waals surface area contributed by atoms with Crippen LogP contribution in [0.4, 0.5) is 0 Å². The molecule has 1 heterocycles. The number of unbranched alkanes of at least 4 members (excludes halogenated alkanes) is 12. The SMILES string of the molecule is CCCCCCCCCCCCCCC(O)C(=O)NC(COC1OC(CO)C(O)C(O)C1O)C(O)C(O)CCCC. The van der Waals surface area contributed by atoms with E-state index in [1.165, 1.54) is 51.4 Å². The number of carbonyl (C=O) groups excluding carboxylic acids is 1. The lowest BCUT2D eigenvalue weighted by Crippen LogP contribution is -2.60. The van der Waals surface area contributed by atoms with E-state index in [2.05, 4.69) is 12.2 Å². The summed E-state index contributed by atoms with van der Waals surface area (Å²) in [6.45, 7) is 3.10. The molecule has 0 aromatic rings. The quantitative estimate of drug-likeness (QED) is 0.0764. The first-order chi connectivity index (χ1) is 19.7. The number of hydrogen-bond donors (Lipinski definition) is 8. The Balaban J connectivity index is 2.51. The lowest BCUT2D eigenvalue weighted by atomic mass is 9.99. The molecule has 41 heavy (non-hydrogen) atoms. The molecule has 0 aromatic heterocycles. The van der Waals surface area contributed by atoms with Crippen LogP contribution in [-0.4, -0.2) is 110 Å². The van der Waals surface area contributed by atoms with E-state index in [0.29, 0.717) is 12.8 Å². The number of aliphatic hydroxyl groups excluding tert-OH is 7. The van der Waals surface area contributed by atoms with Gasteiger partial charge in [0.25, 0.3) is 0 Å². The summed E-state index contributed by atoms with van der Waals surface area (Å²) in [6.07, 6.45) is 4.63. The Labute approximate surface area is 246 Å². The molecule has 0 aromatic carbocycles. The lowest BCUT2D eigenvalue weighted by molar-refractivity contribution is -0.303. The molecule has 0 saturated carbocycles. The molecule has 9 atom stereocenters. The number of hydrogen-bond acceptors (Lipinski definition) is 10. The minimum absolute atomic E-state index is 0.262. The molecule has 11 nitrogen and oxygen atoms in total. The van der Waals surface area contributed by atoms with Crippen molar-refractivity contribution >= 4 is 5.91 Å². The lowest BCUT2D eigenvalue weighted by Gasteiger charge is -2.40. The van der Waals surface area contributed by atoms with Gasteiger partial charge in [0.1, 0.15) is 36.6 Å². The highest BCUT2D eigenvalue weighted by molar-refractivity contribution is 5.80. The van der Waals surface area contributed by atoms with Crippen molar-refractivity contribution in [2.24, 2.45) is 0 Å². The first-order valence-electron chi connectivity index (χ1n) is 15.9. The normalized spacial score (nSPS) is 25.9. The van der Waals surface area contributed by atoms with Crippen molar-refractivity contribution in [3.05, 3.63) is 0 Å². The van der Waals surface area contributed by atoms with E-state index < -0.39 is 74.2 Å². The maximum Gasteiger partial charge on any atom is 0.249 e. The van der Waals surface area contributed by atoms with Crippen LogP contribution in [-0.2, 0) is 14.3 Å². The molecule has 0 spiro atoms. The molecule has 1 aliphatic rings. The van der Waals surface area contributed by atoms with Crippen LogP contribution >= 0.6 is 0 Å². The molecule has 9 unspecified atom stereocenters. The number of aliphatic hydroxyl groups is 7. The van der Waals surface area contributed by atoms with Gasteiger partial charge in [-0.2, -0.15) is 0 Å². The van der Waals surface area contributed by atoms with Crippen LogP contribution in [0, 0.1) is 0 Å². The van der Waals surface area contributed by atoms with Gasteiger partial charge in [0.15, 0.2) is 6.29 Å². The van der Waals surface area contributed by atoms with Gasteiger partial charge in [-0.1, -0.05) is 104 Å². The maximum atomic E-state index is 12.7. The fraction of sp³-hybridized carbons (Fsp3) is 0.967. The summed E-state index contributed by atoms with van der Waals surface area (Å²) in [5, 5.41) is 73.7. The molecule has 11 heteroatoms. The zero-order chi connectivity index (χ0) is 30.6. The van der Waals surface area contributed by atoms with E-state index in [1.807, 2.05) is 6.92 Å². The first-order valence-corrected chi connectivity index (χ1v) is 15.9. The third kappa shape index (κ3) is 14.9. The summed E-state index contributed by atoms with van der Waals surface area (Å²) >= 11 is 0. The number of ether oxygens (including phenoxy) is 2. The second-order valence-corrected chi connectivity index (χ2v) is 11.5. The minimum Gasteiger partial charge on any atom is -0.394 e. The second-order valence-electron chi connectivity index (χ2n) is 11.5. The third-order valence-electron chi connectivity index (χ3n) is 7.91. The van der Waals surface area contributed by atoms with Crippen molar-refractivity contribution in [2.75, 3.05) is 13.2 Å². The summed E-state index contributed by atoms with van der Waals surface area (Å²) in [5.74, 6) is -0.711. The standard InChI is InChI=1S/C30H59NO10/c1-3-5-7-8-9-10-11-12-13-14-15-16-18-23(34)29(39)31-21(25(35)22(33)17-6-4-2)20-40-30-28(38)27(37)26(36)24(19-32)41-30/h21-28,30,32-38H,3-20H2,1-2H3,(H,31,39). The largest absolute Gasteiger partial charge is 0.394 e. The molecule has 0 radical (unpaired) electrons. The highest BCUT2D eigenvalue weighted by atomic mass is 16.7. The Morgan fingerprint density at radius 3 is 1.83 bits per heavy atom. The molecule has 0 aliphatic carbocycles. The maximum absolute atomic E-state index is 12.7.